The van der Waals surface area contributed by atoms with Gasteiger partial charge in [0.15, 0.2) is 5.82 Å². The maximum absolute atomic E-state index is 14.0. The van der Waals surface area contributed by atoms with Gasteiger partial charge in [0.25, 0.3) is 0 Å². The molecule has 1 aliphatic heterocycles. The number of rotatable bonds is 6. The van der Waals surface area contributed by atoms with Gasteiger partial charge in [-0.2, -0.15) is 4.98 Å². The Bertz CT molecular complexity index is 721. The van der Waals surface area contributed by atoms with E-state index in [1.54, 1.807) is 6.92 Å². The summed E-state index contributed by atoms with van der Waals surface area (Å²) in [6.45, 7) is 7.32. The number of likely N-dealkylation sites (tertiary alicyclic amines) is 1. The van der Waals surface area contributed by atoms with Gasteiger partial charge in [-0.15, -0.1) is 0 Å². The van der Waals surface area contributed by atoms with Gasteiger partial charge < -0.3 is 9.42 Å². The van der Waals surface area contributed by atoms with Crippen LogP contribution >= 0.6 is 0 Å². The van der Waals surface area contributed by atoms with Crippen LogP contribution in [0.2, 0.25) is 0 Å². The molecule has 3 rings (SSSR count). The molecule has 3 heterocycles. The third-order valence-electron chi connectivity index (χ3n) is 4.51. The molecule has 0 amide bonds. The van der Waals surface area contributed by atoms with E-state index >= 15 is 0 Å². The van der Waals surface area contributed by atoms with Crippen molar-refractivity contribution in [3.05, 3.63) is 29.3 Å². The Kier molecular flexibility index (Phi) is 5.27. The molecule has 0 aromatic carbocycles. The quantitative estimate of drug-likeness (QED) is 0.791. The SMILES string of the molecule is CCc1cc(N(C)C[C@@H]2C[C@H](F)CN2Cc2noc(C)n2)nc(C)n1. The number of aryl methyl sites for hydroxylation is 3. The smallest absolute Gasteiger partial charge is 0.223 e. The van der Waals surface area contributed by atoms with E-state index in [-0.39, 0.29) is 6.04 Å². The van der Waals surface area contributed by atoms with Gasteiger partial charge >= 0.3 is 0 Å². The van der Waals surface area contributed by atoms with Crippen LogP contribution in [0.5, 0.6) is 0 Å². The Morgan fingerprint density at radius 1 is 1.32 bits per heavy atom. The monoisotopic (exact) mass is 348 g/mol. The molecule has 0 radical (unpaired) electrons. The summed E-state index contributed by atoms with van der Waals surface area (Å²) in [5, 5.41) is 3.93. The van der Waals surface area contributed by atoms with Crippen LogP contribution in [0.3, 0.4) is 0 Å². The largest absolute Gasteiger partial charge is 0.358 e. The van der Waals surface area contributed by atoms with Crippen LogP contribution in [0.25, 0.3) is 0 Å². The number of hydrogen-bond acceptors (Lipinski definition) is 7. The minimum atomic E-state index is -0.829. The molecule has 0 N–H and O–H groups in total. The molecule has 2 aromatic heterocycles. The molecule has 0 bridgehead atoms. The molecule has 25 heavy (non-hydrogen) atoms. The van der Waals surface area contributed by atoms with E-state index in [0.717, 1.165) is 23.8 Å². The van der Waals surface area contributed by atoms with Crippen LogP contribution in [-0.4, -0.2) is 57.4 Å². The Labute approximate surface area is 147 Å². The van der Waals surface area contributed by atoms with Crippen molar-refractivity contribution >= 4 is 5.82 Å². The third-order valence-corrected chi connectivity index (χ3v) is 4.51. The van der Waals surface area contributed by atoms with Crippen molar-refractivity contribution < 1.29 is 8.91 Å². The maximum Gasteiger partial charge on any atom is 0.223 e. The van der Waals surface area contributed by atoms with Crippen LogP contribution < -0.4 is 4.90 Å². The number of nitrogens with zero attached hydrogens (tertiary/aromatic N) is 6. The first-order valence-electron chi connectivity index (χ1n) is 8.67. The molecule has 2 aromatic rings. The fourth-order valence-electron chi connectivity index (χ4n) is 3.29. The van der Waals surface area contributed by atoms with E-state index in [9.17, 15) is 4.39 Å². The number of alkyl halides is 1. The molecule has 1 saturated heterocycles. The summed E-state index contributed by atoms with van der Waals surface area (Å²) in [5.74, 6) is 2.77. The molecular weight excluding hydrogens is 323 g/mol. The topological polar surface area (TPSA) is 71.2 Å². The lowest BCUT2D eigenvalue weighted by Gasteiger charge is -2.28. The molecular formula is C17H25FN6O. The number of hydrogen-bond donors (Lipinski definition) is 0. The van der Waals surface area contributed by atoms with Gasteiger partial charge in [-0.05, 0) is 19.8 Å². The zero-order valence-electron chi connectivity index (χ0n) is 15.2. The van der Waals surface area contributed by atoms with Crippen molar-refractivity contribution in [1.29, 1.82) is 0 Å². The van der Waals surface area contributed by atoms with E-state index in [1.807, 2.05) is 20.0 Å². The zero-order valence-corrected chi connectivity index (χ0v) is 15.2. The first-order valence-corrected chi connectivity index (χ1v) is 8.67. The van der Waals surface area contributed by atoms with Gasteiger partial charge in [-0.25, -0.2) is 14.4 Å². The van der Waals surface area contributed by atoms with Gasteiger partial charge in [-0.3, -0.25) is 4.90 Å². The van der Waals surface area contributed by atoms with Gasteiger partial charge in [0.05, 0.1) is 6.54 Å². The van der Waals surface area contributed by atoms with E-state index in [4.69, 9.17) is 4.52 Å². The number of halogens is 1. The second kappa shape index (κ2) is 7.43. The summed E-state index contributed by atoms with van der Waals surface area (Å²) >= 11 is 0. The summed E-state index contributed by atoms with van der Waals surface area (Å²) in [7, 11) is 1.99. The lowest BCUT2D eigenvalue weighted by Crippen LogP contribution is -2.39. The van der Waals surface area contributed by atoms with Gasteiger partial charge in [-0.1, -0.05) is 12.1 Å². The van der Waals surface area contributed by atoms with Crippen LogP contribution in [0.1, 0.15) is 36.6 Å². The van der Waals surface area contributed by atoms with Crippen molar-refractivity contribution in [1.82, 2.24) is 25.0 Å². The number of anilines is 1. The summed E-state index contributed by atoms with van der Waals surface area (Å²) in [4.78, 5) is 17.3. The highest BCUT2D eigenvalue weighted by Gasteiger charge is 2.33. The molecule has 0 aliphatic carbocycles. The van der Waals surface area contributed by atoms with Crippen molar-refractivity contribution in [2.24, 2.45) is 0 Å². The zero-order chi connectivity index (χ0) is 18.0. The highest BCUT2D eigenvalue weighted by molar-refractivity contribution is 5.39. The molecule has 2 atom stereocenters. The normalized spacial score (nSPS) is 21.0. The summed E-state index contributed by atoms with van der Waals surface area (Å²) in [6.07, 6.45) is 0.541. The lowest BCUT2D eigenvalue weighted by atomic mass is 10.2. The fraction of sp³-hybridized carbons (Fsp3) is 0.647. The molecule has 7 nitrogen and oxygen atoms in total. The second-order valence-electron chi connectivity index (χ2n) is 6.64. The lowest BCUT2D eigenvalue weighted by molar-refractivity contribution is 0.228. The van der Waals surface area contributed by atoms with E-state index in [0.29, 0.717) is 37.8 Å². The molecule has 0 saturated carbocycles. The van der Waals surface area contributed by atoms with Crippen molar-refractivity contribution in [2.75, 3.05) is 25.0 Å². The number of likely N-dealkylation sites (N-methyl/N-ethyl adjacent to an activating group) is 1. The average molecular weight is 348 g/mol. The number of aromatic nitrogens is 4. The predicted molar refractivity (Wildman–Crippen MR) is 92.2 cm³/mol. The predicted octanol–water partition coefficient (Wildman–Crippen LogP) is 2.09. The molecule has 0 spiro atoms. The minimum absolute atomic E-state index is 0.0826. The van der Waals surface area contributed by atoms with Crippen LogP contribution in [-0.2, 0) is 13.0 Å². The summed E-state index contributed by atoms with van der Waals surface area (Å²) < 4.78 is 19.0. The molecule has 8 heteroatoms. The Morgan fingerprint density at radius 2 is 2.12 bits per heavy atom. The molecule has 1 fully saturated rings. The van der Waals surface area contributed by atoms with E-state index < -0.39 is 6.17 Å². The molecule has 136 valence electrons. The van der Waals surface area contributed by atoms with E-state index in [1.165, 1.54) is 0 Å². The van der Waals surface area contributed by atoms with Crippen molar-refractivity contribution in [3.63, 3.8) is 0 Å². The minimum Gasteiger partial charge on any atom is -0.358 e. The highest BCUT2D eigenvalue weighted by Crippen LogP contribution is 2.24. The van der Waals surface area contributed by atoms with Crippen LogP contribution in [0.15, 0.2) is 10.6 Å². The van der Waals surface area contributed by atoms with Gasteiger partial charge in [0.1, 0.15) is 17.8 Å². The molecule has 0 unspecified atom stereocenters. The molecule has 1 aliphatic rings. The van der Waals surface area contributed by atoms with Crippen LogP contribution in [0.4, 0.5) is 10.2 Å². The Morgan fingerprint density at radius 3 is 2.80 bits per heavy atom. The standard InChI is InChI=1S/C17H25FN6O/c1-5-14-7-17(20-11(2)19-14)23(4)9-15-6-13(18)8-24(15)10-16-21-12(3)25-22-16/h7,13,15H,5-6,8-10H2,1-4H3/t13-,15-/m0/s1. The second-order valence-corrected chi connectivity index (χ2v) is 6.64. The fourth-order valence-corrected chi connectivity index (χ4v) is 3.29. The van der Waals surface area contributed by atoms with Gasteiger partial charge in [0, 0.05) is 44.9 Å². The first kappa shape index (κ1) is 17.7. The average Bonchev–Trinajstić information content (AvgIpc) is 3.12. The maximum atomic E-state index is 14.0. The highest BCUT2D eigenvalue weighted by atomic mass is 19.1. The Balaban J connectivity index is 1.70. The van der Waals surface area contributed by atoms with Crippen LogP contribution in [0, 0.1) is 13.8 Å². The van der Waals surface area contributed by atoms with Gasteiger partial charge in [0.2, 0.25) is 5.89 Å². The van der Waals surface area contributed by atoms with Crippen molar-refractivity contribution in [3.8, 4) is 0 Å². The Hall–Kier alpha value is -2.09. The third kappa shape index (κ3) is 4.31. The summed E-state index contributed by atoms with van der Waals surface area (Å²) in [6, 6.07) is 2.08. The first-order chi connectivity index (χ1) is 11.9. The van der Waals surface area contributed by atoms with E-state index in [2.05, 4.69) is 36.8 Å². The summed E-state index contributed by atoms with van der Waals surface area (Å²) in [5.41, 5.74) is 1.02. The van der Waals surface area contributed by atoms with Crippen molar-refractivity contribution in [2.45, 2.75) is 52.4 Å².